The van der Waals surface area contributed by atoms with Gasteiger partial charge in [0.1, 0.15) is 0 Å². The Kier molecular flexibility index (Phi) is 3.81. The molecule has 1 N–H and O–H groups in total. The number of nitrogens with one attached hydrogen (secondary N) is 1. The molecule has 100 valence electrons. The number of fused-ring (bicyclic) bond motifs is 1. The summed E-state index contributed by atoms with van der Waals surface area (Å²) in [7, 11) is 0. The molecule has 0 bridgehead atoms. The number of hydrogen-bond donors (Lipinski definition) is 1. The van der Waals surface area contributed by atoms with Gasteiger partial charge in [-0.2, -0.15) is 0 Å². The van der Waals surface area contributed by atoms with Gasteiger partial charge in [0.15, 0.2) is 0 Å². The van der Waals surface area contributed by atoms with Crippen LogP contribution < -0.4 is 5.32 Å². The summed E-state index contributed by atoms with van der Waals surface area (Å²) in [4.78, 5) is 2.60. The van der Waals surface area contributed by atoms with Crippen LogP contribution in [0.25, 0.3) is 10.8 Å². The third kappa shape index (κ3) is 2.80. The molecule has 1 unspecified atom stereocenters. The van der Waals surface area contributed by atoms with E-state index in [0.717, 1.165) is 19.5 Å². The predicted octanol–water partition coefficient (Wildman–Crippen LogP) is 2.68. The normalized spacial score (nSPS) is 18.6. The summed E-state index contributed by atoms with van der Waals surface area (Å²) in [5, 5.41) is 6.18. The summed E-state index contributed by atoms with van der Waals surface area (Å²) in [6, 6.07) is 16.0. The topological polar surface area (TPSA) is 15.3 Å². The van der Waals surface area contributed by atoms with Gasteiger partial charge in [-0.05, 0) is 29.7 Å². The van der Waals surface area contributed by atoms with E-state index in [0.29, 0.717) is 6.04 Å². The van der Waals surface area contributed by atoms with Gasteiger partial charge < -0.3 is 5.32 Å². The fourth-order valence-electron chi connectivity index (χ4n) is 3.04. The van der Waals surface area contributed by atoms with E-state index in [-0.39, 0.29) is 0 Å². The second-order valence-electron chi connectivity index (χ2n) is 5.48. The zero-order valence-corrected chi connectivity index (χ0v) is 11.6. The third-order valence-electron chi connectivity index (χ3n) is 4.17. The summed E-state index contributed by atoms with van der Waals surface area (Å²) in [6.07, 6.45) is 1.14. The molecular formula is C17H22N2. The van der Waals surface area contributed by atoms with E-state index in [1.165, 1.54) is 29.4 Å². The van der Waals surface area contributed by atoms with Crippen molar-refractivity contribution in [1.29, 1.82) is 0 Å². The molecule has 19 heavy (non-hydrogen) atoms. The van der Waals surface area contributed by atoms with Gasteiger partial charge >= 0.3 is 0 Å². The first kappa shape index (κ1) is 12.6. The van der Waals surface area contributed by atoms with Crippen molar-refractivity contribution in [3.05, 3.63) is 48.0 Å². The first-order valence-electron chi connectivity index (χ1n) is 7.26. The van der Waals surface area contributed by atoms with Crippen molar-refractivity contribution in [3.63, 3.8) is 0 Å². The summed E-state index contributed by atoms with van der Waals surface area (Å²) >= 11 is 0. The second kappa shape index (κ2) is 5.72. The van der Waals surface area contributed by atoms with Crippen molar-refractivity contribution in [1.82, 2.24) is 10.2 Å². The maximum atomic E-state index is 3.42. The summed E-state index contributed by atoms with van der Waals surface area (Å²) in [5.74, 6) is 0. The van der Waals surface area contributed by atoms with E-state index in [1.807, 2.05) is 0 Å². The molecule has 0 aliphatic carbocycles. The van der Waals surface area contributed by atoms with Crippen LogP contribution >= 0.6 is 0 Å². The van der Waals surface area contributed by atoms with E-state index in [9.17, 15) is 0 Å². The van der Waals surface area contributed by atoms with E-state index in [1.54, 1.807) is 0 Å². The fourth-order valence-corrected chi connectivity index (χ4v) is 3.04. The maximum Gasteiger partial charge on any atom is 0.0110 e. The van der Waals surface area contributed by atoms with Crippen LogP contribution in [0.15, 0.2) is 42.5 Å². The molecule has 0 saturated carbocycles. The Balaban J connectivity index is 1.80. The van der Waals surface area contributed by atoms with E-state index < -0.39 is 0 Å². The monoisotopic (exact) mass is 254 g/mol. The Morgan fingerprint density at radius 2 is 1.79 bits per heavy atom. The van der Waals surface area contributed by atoms with Gasteiger partial charge in [0.25, 0.3) is 0 Å². The van der Waals surface area contributed by atoms with Gasteiger partial charge in [0, 0.05) is 32.2 Å². The molecule has 0 spiro atoms. The molecule has 2 aromatic rings. The Morgan fingerprint density at radius 1 is 1.05 bits per heavy atom. The molecule has 1 fully saturated rings. The van der Waals surface area contributed by atoms with Crippen LogP contribution in [0.4, 0.5) is 0 Å². The van der Waals surface area contributed by atoms with Crippen LogP contribution in [0, 0.1) is 0 Å². The molecule has 1 aliphatic rings. The molecule has 0 amide bonds. The first-order valence-corrected chi connectivity index (χ1v) is 7.26. The lowest BCUT2D eigenvalue weighted by atomic mass is 9.98. The van der Waals surface area contributed by atoms with Crippen molar-refractivity contribution in [2.75, 3.05) is 26.2 Å². The first-order chi connectivity index (χ1) is 9.34. The molecule has 3 rings (SSSR count). The average Bonchev–Trinajstić information content (AvgIpc) is 2.48. The minimum absolute atomic E-state index is 0.618. The third-order valence-corrected chi connectivity index (χ3v) is 4.17. The molecule has 0 aromatic heterocycles. The highest BCUT2D eigenvalue weighted by atomic mass is 15.2. The number of benzene rings is 2. The highest BCUT2D eigenvalue weighted by Crippen LogP contribution is 2.21. The highest BCUT2D eigenvalue weighted by molar-refractivity contribution is 5.85. The Labute approximate surface area is 115 Å². The van der Waals surface area contributed by atoms with Crippen molar-refractivity contribution in [2.24, 2.45) is 0 Å². The molecule has 1 atom stereocenters. The van der Waals surface area contributed by atoms with Crippen molar-refractivity contribution in [3.8, 4) is 0 Å². The van der Waals surface area contributed by atoms with Gasteiger partial charge in [0.05, 0.1) is 0 Å². The number of piperazine rings is 1. The largest absolute Gasteiger partial charge is 0.314 e. The van der Waals surface area contributed by atoms with Crippen LogP contribution in [-0.4, -0.2) is 37.1 Å². The van der Waals surface area contributed by atoms with E-state index in [2.05, 4.69) is 59.6 Å². The standard InChI is InChI=1S/C17H22N2/c1-14(19-11-9-18-10-12-19)13-16-7-4-6-15-5-2-3-8-17(15)16/h2-8,14,18H,9-13H2,1H3. The van der Waals surface area contributed by atoms with E-state index in [4.69, 9.17) is 0 Å². The minimum Gasteiger partial charge on any atom is -0.314 e. The molecule has 1 heterocycles. The van der Waals surface area contributed by atoms with Crippen molar-refractivity contribution >= 4 is 10.8 Å². The Bertz CT molecular complexity index is 538. The lowest BCUT2D eigenvalue weighted by molar-refractivity contribution is 0.183. The molecule has 1 saturated heterocycles. The molecule has 1 aliphatic heterocycles. The van der Waals surface area contributed by atoms with Gasteiger partial charge in [-0.3, -0.25) is 4.90 Å². The highest BCUT2D eigenvalue weighted by Gasteiger charge is 2.17. The maximum absolute atomic E-state index is 3.42. The number of nitrogens with zero attached hydrogens (tertiary/aromatic N) is 1. The average molecular weight is 254 g/mol. The quantitative estimate of drug-likeness (QED) is 0.906. The zero-order valence-electron chi connectivity index (χ0n) is 11.6. The Hall–Kier alpha value is -1.38. The zero-order chi connectivity index (χ0) is 13.1. The van der Waals surface area contributed by atoms with Gasteiger partial charge in [0.2, 0.25) is 0 Å². The van der Waals surface area contributed by atoms with Crippen LogP contribution in [0.3, 0.4) is 0 Å². The summed E-state index contributed by atoms with van der Waals surface area (Å²) < 4.78 is 0. The molecule has 2 aromatic carbocycles. The predicted molar refractivity (Wildman–Crippen MR) is 81.6 cm³/mol. The van der Waals surface area contributed by atoms with Crippen molar-refractivity contribution < 1.29 is 0 Å². The van der Waals surface area contributed by atoms with Gasteiger partial charge in [-0.1, -0.05) is 42.5 Å². The minimum atomic E-state index is 0.618. The molecular weight excluding hydrogens is 232 g/mol. The SMILES string of the molecule is CC(Cc1cccc2ccccc12)N1CCNCC1. The number of hydrogen-bond acceptors (Lipinski definition) is 2. The van der Waals surface area contributed by atoms with E-state index >= 15 is 0 Å². The smallest absolute Gasteiger partial charge is 0.0110 e. The summed E-state index contributed by atoms with van der Waals surface area (Å²) in [5.41, 5.74) is 1.48. The van der Waals surface area contributed by atoms with Crippen LogP contribution in [0.1, 0.15) is 12.5 Å². The van der Waals surface area contributed by atoms with Gasteiger partial charge in [-0.15, -0.1) is 0 Å². The molecule has 2 nitrogen and oxygen atoms in total. The fraction of sp³-hybridized carbons (Fsp3) is 0.412. The lowest BCUT2D eigenvalue weighted by Crippen LogP contribution is -2.48. The molecule has 0 radical (unpaired) electrons. The van der Waals surface area contributed by atoms with Crippen LogP contribution in [0.2, 0.25) is 0 Å². The molecule has 2 heteroatoms. The van der Waals surface area contributed by atoms with Crippen molar-refractivity contribution in [2.45, 2.75) is 19.4 Å². The summed E-state index contributed by atoms with van der Waals surface area (Å²) in [6.45, 7) is 6.95. The van der Waals surface area contributed by atoms with Crippen LogP contribution in [-0.2, 0) is 6.42 Å². The lowest BCUT2D eigenvalue weighted by Gasteiger charge is -2.33. The Morgan fingerprint density at radius 3 is 2.63 bits per heavy atom. The second-order valence-corrected chi connectivity index (χ2v) is 5.48. The van der Waals surface area contributed by atoms with Gasteiger partial charge in [-0.25, -0.2) is 0 Å². The van der Waals surface area contributed by atoms with Crippen LogP contribution in [0.5, 0.6) is 0 Å². The number of rotatable bonds is 3.